The van der Waals surface area contributed by atoms with Crippen LogP contribution in [0.1, 0.15) is 20.1 Å². The molecule has 0 spiro atoms. The lowest BCUT2D eigenvalue weighted by atomic mass is 10.3. The summed E-state index contributed by atoms with van der Waals surface area (Å²) in [6.45, 7) is 2.61. The number of aromatic nitrogens is 3. The molecule has 2 N–H and O–H groups in total. The van der Waals surface area contributed by atoms with E-state index in [-0.39, 0.29) is 0 Å². The Morgan fingerprint density at radius 2 is 2.00 bits per heavy atom. The molecular weight excluding hydrogens is 418 g/mol. The minimum absolute atomic E-state index is 0.342. The van der Waals surface area contributed by atoms with E-state index in [4.69, 9.17) is 5.11 Å². The van der Waals surface area contributed by atoms with E-state index < -0.39 is 5.97 Å². The topological polar surface area (TPSA) is 91.2 Å². The Bertz CT molecular complexity index is 1190. The quantitative estimate of drug-likeness (QED) is 0.418. The average molecular weight is 438 g/mol. The number of hydrogen-bond donors (Lipinski definition) is 2. The van der Waals surface area contributed by atoms with Gasteiger partial charge < -0.3 is 15.3 Å². The highest BCUT2D eigenvalue weighted by Crippen LogP contribution is 2.31. The number of nitrogens with one attached hydrogen (secondary N) is 1. The summed E-state index contributed by atoms with van der Waals surface area (Å²) in [7, 11) is 1.94. The van der Waals surface area contributed by atoms with Crippen LogP contribution in [0.5, 0.6) is 0 Å². The molecule has 0 bridgehead atoms. The number of nitrogens with zero attached hydrogens (tertiary/aromatic N) is 4. The summed E-state index contributed by atoms with van der Waals surface area (Å²) in [6, 6.07) is 13.2. The Morgan fingerprint density at radius 1 is 1.13 bits per heavy atom. The normalized spacial score (nSPS) is 10.7. The van der Waals surface area contributed by atoms with Crippen LogP contribution in [0.15, 0.2) is 54.9 Å². The number of carbonyl (C=O) groups is 1. The summed E-state index contributed by atoms with van der Waals surface area (Å²) in [5, 5.41) is 13.2. The fourth-order valence-electron chi connectivity index (χ4n) is 2.82. The SMILES string of the molecule is Cc1ccnc(Nc2cccc(-c3cnc(N(C)Cc4ccc(C(=O)O)s4)s3)n2)c1. The molecule has 0 radical (unpaired) electrons. The molecule has 0 saturated heterocycles. The summed E-state index contributed by atoms with van der Waals surface area (Å²) in [4.78, 5) is 28.8. The van der Waals surface area contributed by atoms with Gasteiger partial charge in [-0.05, 0) is 48.9 Å². The van der Waals surface area contributed by atoms with Crippen molar-refractivity contribution < 1.29 is 9.90 Å². The van der Waals surface area contributed by atoms with Gasteiger partial charge >= 0.3 is 5.97 Å². The van der Waals surface area contributed by atoms with Gasteiger partial charge in [-0.3, -0.25) is 0 Å². The molecule has 4 rings (SSSR count). The Labute approximate surface area is 181 Å². The van der Waals surface area contributed by atoms with Crippen molar-refractivity contribution in [2.45, 2.75) is 13.5 Å². The van der Waals surface area contributed by atoms with Crippen molar-refractivity contribution in [1.82, 2.24) is 15.0 Å². The molecule has 0 aromatic carbocycles. The average Bonchev–Trinajstić information content (AvgIpc) is 3.38. The Morgan fingerprint density at radius 3 is 2.77 bits per heavy atom. The maximum Gasteiger partial charge on any atom is 0.345 e. The molecule has 152 valence electrons. The molecule has 0 aliphatic heterocycles. The van der Waals surface area contributed by atoms with Crippen LogP contribution in [0.25, 0.3) is 10.6 Å². The highest BCUT2D eigenvalue weighted by Gasteiger charge is 2.13. The smallest absolute Gasteiger partial charge is 0.345 e. The second kappa shape index (κ2) is 8.60. The van der Waals surface area contributed by atoms with E-state index in [0.717, 1.165) is 32.0 Å². The first kappa shape index (κ1) is 20.0. The predicted octanol–water partition coefficient (Wildman–Crippen LogP) is 5.05. The Kier molecular flexibility index (Phi) is 5.73. The molecule has 4 heterocycles. The van der Waals surface area contributed by atoms with Gasteiger partial charge in [0.2, 0.25) is 0 Å². The van der Waals surface area contributed by atoms with Gasteiger partial charge in [-0.15, -0.1) is 11.3 Å². The number of pyridine rings is 2. The second-order valence-corrected chi connectivity index (χ2v) is 8.86. The first-order valence-electron chi connectivity index (χ1n) is 9.14. The predicted molar refractivity (Wildman–Crippen MR) is 121 cm³/mol. The molecule has 30 heavy (non-hydrogen) atoms. The van der Waals surface area contributed by atoms with Gasteiger partial charge in [-0.1, -0.05) is 17.4 Å². The van der Waals surface area contributed by atoms with Crippen molar-refractivity contribution >= 4 is 45.4 Å². The summed E-state index contributed by atoms with van der Waals surface area (Å²) in [5.41, 5.74) is 1.95. The van der Waals surface area contributed by atoms with Crippen molar-refractivity contribution in [1.29, 1.82) is 0 Å². The van der Waals surface area contributed by atoms with Crippen LogP contribution >= 0.6 is 22.7 Å². The van der Waals surface area contributed by atoms with Crippen LogP contribution in [-0.4, -0.2) is 33.1 Å². The van der Waals surface area contributed by atoms with Crippen molar-refractivity contribution in [3.63, 3.8) is 0 Å². The highest BCUT2D eigenvalue weighted by molar-refractivity contribution is 7.18. The van der Waals surface area contributed by atoms with Crippen molar-refractivity contribution in [2.75, 3.05) is 17.3 Å². The van der Waals surface area contributed by atoms with E-state index in [1.54, 1.807) is 23.6 Å². The number of aromatic carboxylic acids is 1. The number of carboxylic acids is 1. The third-order valence-electron chi connectivity index (χ3n) is 4.26. The number of anilines is 3. The maximum atomic E-state index is 11.1. The zero-order valence-electron chi connectivity index (χ0n) is 16.4. The molecule has 0 atom stereocenters. The van der Waals surface area contributed by atoms with E-state index >= 15 is 0 Å². The van der Waals surface area contributed by atoms with E-state index in [1.165, 1.54) is 11.3 Å². The van der Waals surface area contributed by atoms with Gasteiger partial charge in [0.1, 0.15) is 16.5 Å². The van der Waals surface area contributed by atoms with Crippen LogP contribution < -0.4 is 10.2 Å². The molecule has 0 amide bonds. The molecule has 0 saturated carbocycles. The van der Waals surface area contributed by atoms with Crippen LogP contribution in [-0.2, 0) is 6.54 Å². The fourth-order valence-corrected chi connectivity index (χ4v) is 4.56. The van der Waals surface area contributed by atoms with Gasteiger partial charge in [0, 0.05) is 24.3 Å². The maximum absolute atomic E-state index is 11.1. The molecule has 4 aromatic heterocycles. The lowest BCUT2D eigenvalue weighted by Crippen LogP contribution is -2.14. The molecular formula is C21H19N5O2S2. The first-order chi connectivity index (χ1) is 14.5. The monoisotopic (exact) mass is 437 g/mol. The number of aryl methyl sites for hydroxylation is 1. The summed E-state index contributed by atoms with van der Waals surface area (Å²) in [6.07, 6.45) is 3.57. The minimum Gasteiger partial charge on any atom is -0.477 e. The van der Waals surface area contributed by atoms with Crippen LogP contribution in [0.4, 0.5) is 16.8 Å². The fraction of sp³-hybridized carbons (Fsp3) is 0.143. The molecule has 0 aliphatic carbocycles. The van der Waals surface area contributed by atoms with Gasteiger partial charge in [0.05, 0.1) is 17.1 Å². The largest absolute Gasteiger partial charge is 0.477 e. The Balaban J connectivity index is 1.48. The lowest BCUT2D eigenvalue weighted by Gasteiger charge is -2.14. The molecule has 0 fully saturated rings. The second-order valence-electron chi connectivity index (χ2n) is 6.69. The zero-order chi connectivity index (χ0) is 21.1. The molecule has 9 heteroatoms. The van der Waals surface area contributed by atoms with Gasteiger partial charge in [-0.2, -0.15) is 0 Å². The first-order valence-corrected chi connectivity index (χ1v) is 10.8. The lowest BCUT2D eigenvalue weighted by molar-refractivity contribution is 0.0702. The molecule has 0 aliphatic rings. The standard InChI is InChI=1S/C21H19N5O2S2/c1-13-8-9-22-19(10-13)25-18-5-3-4-15(24-18)17-11-23-21(30-17)26(2)12-14-6-7-16(29-14)20(27)28/h3-11H,12H2,1-2H3,(H,27,28)(H,22,24,25). The summed E-state index contributed by atoms with van der Waals surface area (Å²) >= 11 is 2.82. The number of hydrogen-bond acceptors (Lipinski definition) is 8. The summed E-state index contributed by atoms with van der Waals surface area (Å²) in [5.74, 6) is 0.570. The number of rotatable bonds is 7. The molecule has 0 unspecified atom stereocenters. The van der Waals surface area contributed by atoms with Crippen molar-refractivity contribution in [3.8, 4) is 10.6 Å². The third kappa shape index (κ3) is 4.64. The van der Waals surface area contributed by atoms with Crippen molar-refractivity contribution in [3.05, 3.63) is 70.2 Å². The number of carboxylic acid groups (broad SMARTS) is 1. The van der Waals surface area contributed by atoms with E-state index in [0.29, 0.717) is 17.2 Å². The van der Waals surface area contributed by atoms with Crippen LogP contribution in [0, 0.1) is 6.92 Å². The van der Waals surface area contributed by atoms with E-state index in [1.807, 2.05) is 61.5 Å². The number of thiazole rings is 1. The number of thiophene rings is 1. The van der Waals surface area contributed by atoms with E-state index in [2.05, 4.69) is 20.3 Å². The molecule has 7 nitrogen and oxygen atoms in total. The summed E-state index contributed by atoms with van der Waals surface area (Å²) < 4.78 is 0. The van der Waals surface area contributed by atoms with Crippen molar-refractivity contribution in [2.24, 2.45) is 0 Å². The molecule has 4 aromatic rings. The van der Waals surface area contributed by atoms with Gasteiger partial charge in [0.15, 0.2) is 5.13 Å². The van der Waals surface area contributed by atoms with E-state index in [9.17, 15) is 4.79 Å². The van der Waals surface area contributed by atoms with Gasteiger partial charge in [-0.25, -0.2) is 19.7 Å². The third-order valence-corrected chi connectivity index (χ3v) is 6.45. The Hall–Kier alpha value is -3.30. The van der Waals surface area contributed by atoms with Crippen LogP contribution in [0.2, 0.25) is 0 Å². The minimum atomic E-state index is -0.897. The van der Waals surface area contributed by atoms with Gasteiger partial charge in [0.25, 0.3) is 0 Å². The van der Waals surface area contributed by atoms with Crippen LogP contribution in [0.3, 0.4) is 0 Å². The highest BCUT2D eigenvalue weighted by atomic mass is 32.1. The zero-order valence-corrected chi connectivity index (χ0v) is 18.0.